The third-order valence-corrected chi connectivity index (χ3v) is 6.81. The molecule has 1 saturated heterocycles. The number of hydrogen-bond acceptors (Lipinski definition) is 5. The molecule has 28 heavy (non-hydrogen) atoms. The number of thioether (sulfide) groups is 1. The third-order valence-electron chi connectivity index (χ3n) is 5.80. The maximum atomic E-state index is 12.8. The first-order valence-corrected chi connectivity index (χ1v) is 11.0. The van der Waals surface area contributed by atoms with Crippen LogP contribution in [-0.2, 0) is 29.9 Å². The monoisotopic (exact) mass is 397 g/mol. The highest BCUT2D eigenvalue weighted by molar-refractivity contribution is 7.98. The standard InChI is InChI=1S/C21H23N3O3S/c25-20-9-16-13-28-8-7-17(16)22-24(20)12-14-10-23(11-14)21(26)19-6-5-15-3-1-2-4-18(15)27-19/h1-4,9,14,19H,5-8,10-13H2. The van der Waals surface area contributed by atoms with Gasteiger partial charge in [-0.2, -0.15) is 16.9 Å². The minimum atomic E-state index is -0.391. The van der Waals surface area contributed by atoms with Gasteiger partial charge in [0.15, 0.2) is 6.10 Å². The van der Waals surface area contributed by atoms with Crippen LogP contribution >= 0.6 is 11.8 Å². The van der Waals surface area contributed by atoms with E-state index < -0.39 is 6.10 Å². The van der Waals surface area contributed by atoms with Crippen molar-refractivity contribution in [3.63, 3.8) is 0 Å². The second kappa shape index (κ2) is 7.28. The van der Waals surface area contributed by atoms with E-state index in [-0.39, 0.29) is 17.4 Å². The molecule has 0 saturated carbocycles. The van der Waals surface area contributed by atoms with Gasteiger partial charge < -0.3 is 9.64 Å². The number of aromatic nitrogens is 2. The Morgan fingerprint density at radius 1 is 1.21 bits per heavy atom. The van der Waals surface area contributed by atoms with Crippen molar-refractivity contribution in [1.29, 1.82) is 0 Å². The topological polar surface area (TPSA) is 64.4 Å². The summed E-state index contributed by atoms with van der Waals surface area (Å²) in [5.41, 5.74) is 3.28. The Balaban J connectivity index is 1.19. The fourth-order valence-corrected chi connectivity index (χ4v) is 5.15. The number of benzene rings is 1. The van der Waals surface area contributed by atoms with Crippen LogP contribution in [0, 0.1) is 5.92 Å². The van der Waals surface area contributed by atoms with Crippen LogP contribution in [0.25, 0.3) is 0 Å². The fourth-order valence-electron chi connectivity index (χ4n) is 4.19. The van der Waals surface area contributed by atoms with Crippen molar-refractivity contribution in [3.05, 3.63) is 57.5 Å². The van der Waals surface area contributed by atoms with E-state index >= 15 is 0 Å². The molecule has 1 amide bonds. The van der Waals surface area contributed by atoms with Crippen molar-refractivity contribution < 1.29 is 9.53 Å². The number of fused-ring (bicyclic) bond motifs is 2. The lowest BCUT2D eigenvalue weighted by Crippen LogP contribution is -2.56. The van der Waals surface area contributed by atoms with Crippen LogP contribution in [0.4, 0.5) is 0 Å². The van der Waals surface area contributed by atoms with E-state index in [2.05, 4.69) is 11.2 Å². The molecule has 4 heterocycles. The van der Waals surface area contributed by atoms with Crippen LogP contribution in [0.1, 0.15) is 23.2 Å². The SMILES string of the molecule is O=C(C1CCc2ccccc2O1)N1CC(Cn2nc3c(cc2=O)CSCC3)C1. The first-order chi connectivity index (χ1) is 13.7. The summed E-state index contributed by atoms with van der Waals surface area (Å²) >= 11 is 1.85. The molecule has 5 rings (SSSR count). The summed E-state index contributed by atoms with van der Waals surface area (Å²) in [7, 11) is 0. The zero-order valence-corrected chi connectivity index (χ0v) is 16.5. The van der Waals surface area contributed by atoms with Gasteiger partial charge in [-0.1, -0.05) is 18.2 Å². The summed E-state index contributed by atoms with van der Waals surface area (Å²) in [6.07, 6.45) is 2.13. The Morgan fingerprint density at radius 3 is 2.96 bits per heavy atom. The number of amides is 1. The van der Waals surface area contributed by atoms with Crippen molar-refractivity contribution in [2.45, 2.75) is 37.7 Å². The maximum absolute atomic E-state index is 12.8. The lowest BCUT2D eigenvalue weighted by Gasteiger charge is -2.41. The van der Waals surface area contributed by atoms with Crippen molar-refractivity contribution in [2.24, 2.45) is 5.92 Å². The highest BCUT2D eigenvalue weighted by Crippen LogP contribution is 2.29. The highest BCUT2D eigenvalue weighted by atomic mass is 32.2. The molecule has 3 aliphatic heterocycles. The third kappa shape index (κ3) is 3.32. The number of rotatable bonds is 3. The minimum Gasteiger partial charge on any atom is -0.480 e. The Labute approximate surface area is 167 Å². The summed E-state index contributed by atoms with van der Waals surface area (Å²) in [6, 6.07) is 9.66. The average Bonchev–Trinajstić information content (AvgIpc) is 2.69. The highest BCUT2D eigenvalue weighted by Gasteiger charge is 2.37. The van der Waals surface area contributed by atoms with Crippen LogP contribution in [0.5, 0.6) is 5.75 Å². The molecule has 3 aliphatic rings. The predicted molar refractivity (Wildman–Crippen MR) is 108 cm³/mol. The van der Waals surface area contributed by atoms with Gasteiger partial charge >= 0.3 is 0 Å². The molecular weight excluding hydrogens is 374 g/mol. The molecule has 146 valence electrons. The number of likely N-dealkylation sites (tertiary alicyclic amines) is 1. The van der Waals surface area contributed by atoms with Crippen molar-refractivity contribution in [2.75, 3.05) is 18.8 Å². The quantitative estimate of drug-likeness (QED) is 0.791. The first kappa shape index (κ1) is 17.8. The molecule has 0 spiro atoms. The van der Waals surface area contributed by atoms with Gasteiger partial charge in [-0.25, -0.2) is 4.68 Å². The molecule has 1 unspecified atom stereocenters. The molecule has 0 N–H and O–H groups in total. The van der Waals surface area contributed by atoms with Gasteiger partial charge in [-0.15, -0.1) is 0 Å². The lowest BCUT2D eigenvalue weighted by molar-refractivity contribution is -0.146. The molecular formula is C21H23N3O3S. The molecule has 1 fully saturated rings. The van der Waals surface area contributed by atoms with Crippen LogP contribution < -0.4 is 10.3 Å². The van der Waals surface area contributed by atoms with Crippen molar-refractivity contribution >= 4 is 17.7 Å². The van der Waals surface area contributed by atoms with Crippen LogP contribution in [-0.4, -0.2) is 45.5 Å². The Morgan fingerprint density at radius 2 is 2.07 bits per heavy atom. The second-order valence-corrected chi connectivity index (χ2v) is 8.91. The van der Waals surface area contributed by atoms with Crippen molar-refractivity contribution in [3.8, 4) is 5.75 Å². The van der Waals surface area contributed by atoms with E-state index in [9.17, 15) is 9.59 Å². The predicted octanol–water partition coefficient (Wildman–Crippen LogP) is 1.88. The number of para-hydroxylation sites is 1. The molecule has 6 nitrogen and oxygen atoms in total. The van der Waals surface area contributed by atoms with Crippen molar-refractivity contribution in [1.82, 2.24) is 14.7 Å². The summed E-state index contributed by atoms with van der Waals surface area (Å²) in [6.45, 7) is 1.92. The van der Waals surface area contributed by atoms with Gasteiger partial charge in [0.1, 0.15) is 5.75 Å². The van der Waals surface area contributed by atoms with Gasteiger partial charge in [-0.3, -0.25) is 9.59 Å². The van der Waals surface area contributed by atoms with E-state index in [4.69, 9.17) is 4.74 Å². The molecule has 7 heteroatoms. The second-order valence-electron chi connectivity index (χ2n) is 7.80. The zero-order valence-electron chi connectivity index (χ0n) is 15.7. The summed E-state index contributed by atoms with van der Waals surface area (Å²) < 4.78 is 7.52. The molecule has 1 atom stereocenters. The van der Waals surface area contributed by atoms with Crippen LogP contribution in [0.15, 0.2) is 35.1 Å². The first-order valence-electron chi connectivity index (χ1n) is 9.88. The number of carbonyl (C=O) groups excluding carboxylic acids is 1. The van der Waals surface area contributed by atoms with Gasteiger partial charge in [0.25, 0.3) is 11.5 Å². The van der Waals surface area contributed by atoms with E-state index in [0.29, 0.717) is 19.6 Å². The Hall–Kier alpha value is -2.28. The van der Waals surface area contributed by atoms with Gasteiger partial charge in [0.05, 0.1) is 12.2 Å². The molecule has 1 aromatic carbocycles. The largest absolute Gasteiger partial charge is 0.480 e. The fraction of sp³-hybridized carbons (Fsp3) is 0.476. The number of nitrogens with zero attached hydrogens (tertiary/aromatic N) is 3. The number of carbonyl (C=O) groups is 1. The van der Waals surface area contributed by atoms with Crippen LogP contribution in [0.2, 0.25) is 0 Å². The molecule has 0 aliphatic carbocycles. The average molecular weight is 398 g/mol. The van der Waals surface area contributed by atoms with E-state index in [1.165, 1.54) is 5.56 Å². The normalized spacial score (nSPS) is 21.3. The smallest absolute Gasteiger partial charge is 0.267 e. The van der Waals surface area contributed by atoms with Gasteiger partial charge in [0, 0.05) is 37.2 Å². The van der Waals surface area contributed by atoms with E-state index in [0.717, 1.165) is 47.8 Å². The van der Waals surface area contributed by atoms with E-state index in [1.807, 2.05) is 34.9 Å². The Bertz CT molecular complexity index is 968. The molecule has 0 bridgehead atoms. The van der Waals surface area contributed by atoms with Crippen LogP contribution in [0.3, 0.4) is 0 Å². The molecule has 1 aromatic heterocycles. The van der Waals surface area contributed by atoms with Gasteiger partial charge in [0.2, 0.25) is 0 Å². The number of ether oxygens (including phenoxy) is 1. The maximum Gasteiger partial charge on any atom is 0.267 e. The summed E-state index contributed by atoms with van der Waals surface area (Å²) in [4.78, 5) is 26.9. The minimum absolute atomic E-state index is 0.0294. The molecule has 0 radical (unpaired) electrons. The number of hydrogen-bond donors (Lipinski definition) is 0. The molecule has 2 aromatic rings. The van der Waals surface area contributed by atoms with Gasteiger partial charge in [-0.05, 0) is 35.8 Å². The lowest BCUT2D eigenvalue weighted by atomic mass is 9.96. The Kier molecular flexibility index (Phi) is 4.62. The summed E-state index contributed by atoms with van der Waals surface area (Å²) in [5.74, 6) is 3.12. The summed E-state index contributed by atoms with van der Waals surface area (Å²) in [5, 5.41) is 4.58. The number of aryl methyl sites for hydroxylation is 2. The zero-order chi connectivity index (χ0) is 19.1. The van der Waals surface area contributed by atoms with E-state index in [1.54, 1.807) is 10.7 Å².